The normalized spacial score (nSPS) is 10.9. The first-order chi connectivity index (χ1) is 15.0. The largest absolute Gasteiger partial charge is 0.497 e. The third kappa shape index (κ3) is 4.86. The molecule has 1 aromatic heterocycles. The molecule has 0 aliphatic rings. The summed E-state index contributed by atoms with van der Waals surface area (Å²) in [6, 6.07) is 20.1. The van der Waals surface area contributed by atoms with Gasteiger partial charge in [0.15, 0.2) is 0 Å². The summed E-state index contributed by atoms with van der Waals surface area (Å²) in [5.41, 5.74) is 3.10. The van der Waals surface area contributed by atoms with Gasteiger partial charge in [-0.25, -0.2) is 0 Å². The van der Waals surface area contributed by atoms with Crippen molar-refractivity contribution in [2.45, 2.75) is 18.6 Å². The molecule has 8 heteroatoms. The van der Waals surface area contributed by atoms with Gasteiger partial charge in [0.05, 0.1) is 18.6 Å². The Hall–Kier alpha value is -3.39. The van der Waals surface area contributed by atoms with Crippen LogP contribution in [0, 0.1) is 6.92 Å². The Kier molecular flexibility index (Phi) is 6.18. The van der Waals surface area contributed by atoms with Crippen LogP contribution < -0.4 is 4.74 Å². The molecule has 3 aromatic carbocycles. The molecule has 0 fully saturated rings. The average Bonchev–Trinajstić information content (AvgIpc) is 3.26. The monoisotopic (exact) mass is 433 g/mol. The molecule has 0 aliphatic carbocycles. The third-order valence-electron chi connectivity index (χ3n) is 5.00. The van der Waals surface area contributed by atoms with Crippen molar-refractivity contribution in [3.63, 3.8) is 0 Å². The molecule has 0 N–H and O–H groups in total. The minimum absolute atomic E-state index is 0.0123. The lowest BCUT2D eigenvalue weighted by atomic mass is 10.1. The number of thioether (sulfide) groups is 1. The molecule has 158 valence electrons. The van der Waals surface area contributed by atoms with Crippen LogP contribution in [0.15, 0.2) is 65.8 Å². The number of tetrazole rings is 1. The number of carbonyl (C=O) groups is 1. The summed E-state index contributed by atoms with van der Waals surface area (Å²) >= 11 is 1.33. The third-order valence-corrected chi connectivity index (χ3v) is 5.91. The van der Waals surface area contributed by atoms with Crippen LogP contribution in [-0.2, 0) is 11.3 Å². The maximum atomic E-state index is 12.7. The molecule has 0 atom stereocenters. The van der Waals surface area contributed by atoms with Gasteiger partial charge in [-0.05, 0) is 64.0 Å². The van der Waals surface area contributed by atoms with Crippen LogP contribution in [0.5, 0.6) is 5.75 Å². The van der Waals surface area contributed by atoms with Crippen molar-refractivity contribution >= 4 is 28.4 Å². The number of aromatic nitrogens is 4. The molecule has 0 saturated heterocycles. The first-order valence-electron chi connectivity index (χ1n) is 9.82. The molecular formula is C23H23N5O2S. The predicted molar refractivity (Wildman–Crippen MR) is 122 cm³/mol. The van der Waals surface area contributed by atoms with Gasteiger partial charge in [-0.15, -0.1) is 5.10 Å². The van der Waals surface area contributed by atoms with Crippen molar-refractivity contribution in [1.82, 2.24) is 25.1 Å². The van der Waals surface area contributed by atoms with Crippen LogP contribution in [0.4, 0.5) is 0 Å². The van der Waals surface area contributed by atoms with Gasteiger partial charge >= 0.3 is 0 Å². The maximum Gasteiger partial charge on any atom is 0.233 e. The van der Waals surface area contributed by atoms with E-state index < -0.39 is 0 Å². The Labute approximate surface area is 185 Å². The fourth-order valence-corrected chi connectivity index (χ4v) is 4.05. The van der Waals surface area contributed by atoms with Crippen LogP contribution in [-0.4, -0.2) is 50.9 Å². The Morgan fingerprint density at radius 2 is 1.81 bits per heavy atom. The molecule has 4 rings (SSSR count). The molecule has 4 aromatic rings. The van der Waals surface area contributed by atoms with Gasteiger partial charge in [-0.3, -0.25) is 4.79 Å². The van der Waals surface area contributed by atoms with Gasteiger partial charge in [-0.1, -0.05) is 47.7 Å². The topological polar surface area (TPSA) is 73.1 Å². The summed E-state index contributed by atoms with van der Waals surface area (Å²) in [6.07, 6.45) is 0. The molecule has 0 unspecified atom stereocenters. The second kappa shape index (κ2) is 9.18. The van der Waals surface area contributed by atoms with Crippen molar-refractivity contribution in [3.05, 3.63) is 71.8 Å². The summed E-state index contributed by atoms with van der Waals surface area (Å²) in [5, 5.41) is 14.7. The van der Waals surface area contributed by atoms with E-state index in [0.717, 1.165) is 33.3 Å². The minimum atomic E-state index is 0.0123. The second-order valence-corrected chi connectivity index (χ2v) is 8.24. The fraction of sp³-hybridized carbons (Fsp3) is 0.217. The highest BCUT2D eigenvalue weighted by Crippen LogP contribution is 2.23. The van der Waals surface area contributed by atoms with E-state index in [1.165, 1.54) is 11.8 Å². The lowest BCUT2D eigenvalue weighted by Gasteiger charge is -2.17. The van der Waals surface area contributed by atoms with Crippen LogP contribution in [0.2, 0.25) is 0 Å². The van der Waals surface area contributed by atoms with Gasteiger partial charge in [0.1, 0.15) is 5.75 Å². The van der Waals surface area contributed by atoms with Crippen LogP contribution in [0.1, 0.15) is 11.1 Å². The summed E-state index contributed by atoms with van der Waals surface area (Å²) in [4.78, 5) is 14.4. The highest BCUT2D eigenvalue weighted by molar-refractivity contribution is 7.99. The van der Waals surface area contributed by atoms with Crippen molar-refractivity contribution < 1.29 is 9.53 Å². The van der Waals surface area contributed by atoms with Crippen molar-refractivity contribution in [2.24, 2.45) is 0 Å². The van der Waals surface area contributed by atoms with E-state index in [1.807, 2.05) is 62.5 Å². The summed E-state index contributed by atoms with van der Waals surface area (Å²) in [7, 11) is 3.47. The molecule has 0 spiro atoms. The van der Waals surface area contributed by atoms with Gasteiger partial charge in [0, 0.05) is 13.6 Å². The fourth-order valence-electron chi connectivity index (χ4n) is 3.21. The van der Waals surface area contributed by atoms with Gasteiger partial charge < -0.3 is 9.64 Å². The number of ether oxygens (including phenoxy) is 1. The average molecular weight is 434 g/mol. The van der Waals surface area contributed by atoms with Gasteiger partial charge in [0.2, 0.25) is 11.1 Å². The number of methoxy groups -OCH3 is 1. The van der Waals surface area contributed by atoms with E-state index in [4.69, 9.17) is 4.74 Å². The van der Waals surface area contributed by atoms with Crippen molar-refractivity contribution in [3.8, 4) is 11.4 Å². The lowest BCUT2D eigenvalue weighted by molar-refractivity contribution is -0.127. The Morgan fingerprint density at radius 3 is 2.58 bits per heavy atom. The van der Waals surface area contributed by atoms with E-state index in [0.29, 0.717) is 11.7 Å². The molecule has 7 nitrogen and oxygen atoms in total. The van der Waals surface area contributed by atoms with Crippen LogP contribution in [0.3, 0.4) is 0 Å². The minimum Gasteiger partial charge on any atom is -0.497 e. The van der Waals surface area contributed by atoms with Crippen molar-refractivity contribution in [1.29, 1.82) is 0 Å². The number of fused-ring (bicyclic) bond motifs is 1. The molecule has 0 saturated carbocycles. The molecule has 1 amide bonds. The standard InChI is InChI=1S/C23H23N5O2S/c1-16-4-9-20(10-5-16)28-23(24-25-26-28)31-15-22(29)27(2)14-17-6-7-19-13-21(30-3)11-8-18(19)12-17/h4-13H,14-15H2,1-3H3. The van der Waals surface area contributed by atoms with E-state index in [-0.39, 0.29) is 11.7 Å². The zero-order valence-electron chi connectivity index (χ0n) is 17.6. The van der Waals surface area contributed by atoms with E-state index >= 15 is 0 Å². The second-order valence-electron chi connectivity index (χ2n) is 7.29. The number of hydrogen-bond acceptors (Lipinski definition) is 6. The van der Waals surface area contributed by atoms with Gasteiger partial charge in [0.25, 0.3) is 0 Å². The van der Waals surface area contributed by atoms with E-state index in [1.54, 1.807) is 16.7 Å². The SMILES string of the molecule is COc1ccc2cc(CN(C)C(=O)CSc3nnnn3-c3ccc(C)cc3)ccc2c1. The summed E-state index contributed by atoms with van der Waals surface area (Å²) < 4.78 is 6.92. The number of aryl methyl sites for hydroxylation is 1. The summed E-state index contributed by atoms with van der Waals surface area (Å²) in [5.74, 6) is 1.10. The molecule has 1 heterocycles. The Bertz CT molecular complexity index is 1210. The molecule has 0 aliphatic heterocycles. The number of nitrogens with zero attached hydrogens (tertiary/aromatic N) is 5. The Morgan fingerprint density at radius 1 is 1.06 bits per heavy atom. The van der Waals surface area contributed by atoms with E-state index in [2.05, 4.69) is 27.7 Å². The van der Waals surface area contributed by atoms with Crippen LogP contribution >= 0.6 is 11.8 Å². The number of hydrogen-bond donors (Lipinski definition) is 0. The number of rotatable bonds is 7. The number of benzene rings is 3. The molecule has 0 radical (unpaired) electrons. The zero-order valence-corrected chi connectivity index (χ0v) is 18.5. The van der Waals surface area contributed by atoms with E-state index in [9.17, 15) is 4.79 Å². The smallest absolute Gasteiger partial charge is 0.233 e. The van der Waals surface area contributed by atoms with Crippen LogP contribution in [0.25, 0.3) is 16.5 Å². The summed E-state index contributed by atoms with van der Waals surface area (Å²) in [6.45, 7) is 2.56. The number of amides is 1. The lowest BCUT2D eigenvalue weighted by Crippen LogP contribution is -2.27. The first-order valence-corrected chi connectivity index (χ1v) is 10.8. The first kappa shape index (κ1) is 20.9. The quantitative estimate of drug-likeness (QED) is 0.412. The Balaban J connectivity index is 1.39. The molecule has 0 bridgehead atoms. The maximum absolute atomic E-state index is 12.7. The highest BCUT2D eigenvalue weighted by Gasteiger charge is 2.15. The number of carbonyl (C=O) groups excluding carboxylic acids is 1. The van der Waals surface area contributed by atoms with Gasteiger partial charge in [-0.2, -0.15) is 4.68 Å². The molecule has 31 heavy (non-hydrogen) atoms. The predicted octanol–water partition coefficient (Wildman–Crippen LogP) is 3.88. The highest BCUT2D eigenvalue weighted by atomic mass is 32.2. The van der Waals surface area contributed by atoms with Crippen molar-refractivity contribution in [2.75, 3.05) is 19.9 Å². The zero-order chi connectivity index (χ0) is 21.8. The molecular weight excluding hydrogens is 410 g/mol.